The van der Waals surface area contributed by atoms with Crippen molar-refractivity contribution >= 4 is 27.8 Å². The van der Waals surface area contributed by atoms with Crippen LogP contribution in [0.5, 0.6) is 5.75 Å². The second-order valence-corrected chi connectivity index (χ2v) is 7.15. The van der Waals surface area contributed by atoms with Gasteiger partial charge in [0.05, 0.1) is 5.57 Å². The average Bonchev–Trinajstić information content (AvgIpc) is 3.04. The molecule has 4 N–H and O–H groups in total. The van der Waals surface area contributed by atoms with Crippen molar-refractivity contribution in [3.8, 4) is 17.1 Å². The molecule has 1 unspecified atom stereocenters. The number of carbonyl (C=O) groups excluding carboxylic acids is 1. The number of hydrogen-bond donors (Lipinski definition) is 3. The van der Waals surface area contributed by atoms with E-state index in [0.29, 0.717) is 28.6 Å². The molecule has 27 heavy (non-hydrogen) atoms. The number of hydrogen-bond acceptors (Lipinski definition) is 5. The van der Waals surface area contributed by atoms with Crippen LogP contribution in [0.2, 0.25) is 0 Å². The van der Waals surface area contributed by atoms with Crippen LogP contribution in [0.25, 0.3) is 11.4 Å². The summed E-state index contributed by atoms with van der Waals surface area (Å²) in [5, 5.41) is 17.4. The number of anilines is 1. The Hall–Kier alpha value is -3.13. The van der Waals surface area contributed by atoms with E-state index in [0.717, 1.165) is 10.0 Å². The lowest BCUT2D eigenvalue weighted by molar-refractivity contribution is -0.115. The number of amides is 1. The average molecular weight is 426 g/mol. The van der Waals surface area contributed by atoms with Crippen LogP contribution in [0.15, 0.2) is 64.3 Å². The van der Waals surface area contributed by atoms with Gasteiger partial charge in [-0.2, -0.15) is 4.98 Å². The van der Waals surface area contributed by atoms with Crippen LogP contribution in [0.4, 0.5) is 5.95 Å². The third-order valence-electron chi connectivity index (χ3n) is 4.41. The molecule has 0 fully saturated rings. The maximum atomic E-state index is 12.2. The first-order valence-corrected chi connectivity index (χ1v) is 9.02. The van der Waals surface area contributed by atoms with E-state index in [4.69, 9.17) is 5.73 Å². The Labute approximate surface area is 163 Å². The molecule has 4 rings (SSSR count). The Morgan fingerprint density at radius 2 is 2.00 bits per heavy atom. The van der Waals surface area contributed by atoms with Crippen LogP contribution in [-0.4, -0.2) is 25.8 Å². The zero-order chi connectivity index (χ0) is 19.1. The fraction of sp³-hybridized carbons (Fsp3) is 0.105. The van der Waals surface area contributed by atoms with E-state index in [2.05, 4.69) is 31.3 Å². The molecule has 1 amide bonds. The van der Waals surface area contributed by atoms with Crippen LogP contribution in [0.3, 0.4) is 0 Å². The lowest BCUT2D eigenvalue weighted by Crippen LogP contribution is -2.31. The highest BCUT2D eigenvalue weighted by atomic mass is 79.9. The number of fused-ring (bicyclic) bond motifs is 1. The minimum atomic E-state index is -0.520. The van der Waals surface area contributed by atoms with E-state index in [-0.39, 0.29) is 5.75 Å². The minimum Gasteiger partial charge on any atom is -0.508 e. The molecule has 0 saturated heterocycles. The molecule has 2 aromatic carbocycles. The van der Waals surface area contributed by atoms with Gasteiger partial charge in [0, 0.05) is 15.7 Å². The van der Waals surface area contributed by atoms with Crippen LogP contribution in [0.1, 0.15) is 18.5 Å². The third kappa shape index (κ3) is 3.08. The van der Waals surface area contributed by atoms with Gasteiger partial charge in [-0.1, -0.05) is 40.2 Å². The summed E-state index contributed by atoms with van der Waals surface area (Å²) in [6, 6.07) is 13.8. The second kappa shape index (κ2) is 6.55. The number of aromatic hydroxyl groups is 1. The second-order valence-electron chi connectivity index (χ2n) is 6.24. The van der Waals surface area contributed by atoms with Crippen LogP contribution in [0, 0.1) is 0 Å². The highest BCUT2D eigenvalue weighted by Gasteiger charge is 2.33. The van der Waals surface area contributed by atoms with Crippen LogP contribution < -0.4 is 11.1 Å². The number of primary amides is 1. The zero-order valence-electron chi connectivity index (χ0n) is 14.3. The number of nitrogens with zero attached hydrogens (tertiary/aromatic N) is 3. The van der Waals surface area contributed by atoms with Crippen molar-refractivity contribution in [2.75, 3.05) is 5.32 Å². The van der Waals surface area contributed by atoms with Crippen molar-refractivity contribution in [1.82, 2.24) is 14.8 Å². The van der Waals surface area contributed by atoms with E-state index in [1.165, 1.54) is 0 Å². The van der Waals surface area contributed by atoms with Gasteiger partial charge in [-0.05, 0) is 36.8 Å². The first kappa shape index (κ1) is 17.3. The number of nitrogens with one attached hydrogen (secondary N) is 1. The van der Waals surface area contributed by atoms with Crippen molar-refractivity contribution < 1.29 is 9.90 Å². The summed E-state index contributed by atoms with van der Waals surface area (Å²) in [5.41, 5.74) is 8.27. The number of phenolic OH excluding ortho intramolecular Hbond substituents is 1. The Kier molecular flexibility index (Phi) is 4.19. The van der Waals surface area contributed by atoms with Crippen molar-refractivity contribution in [2.45, 2.75) is 13.0 Å². The van der Waals surface area contributed by atoms with Crippen molar-refractivity contribution in [3.05, 3.63) is 69.8 Å². The Bertz CT molecular complexity index is 1070. The summed E-state index contributed by atoms with van der Waals surface area (Å²) < 4.78 is 2.58. The molecule has 0 aliphatic carbocycles. The molecule has 3 aromatic rings. The van der Waals surface area contributed by atoms with E-state index < -0.39 is 11.9 Å². The number of phenols is 1. The monoisotopic (exact) mass is 425 g/mol. The molecule has 1 atom stereocenters. The number of allylic oxidation sites excluding steroid dienone is 1. The molecule has 0 bridgehead atoms. The maximum absolute atomic E-state index is 12.2. The van der Waals surface area contributed by atoms with Crippen LogP contribution >= 0.6 is 15.9 Å². The van der Waals surface area contributed by atoms with E-state index >= 15 is 0 Å². The molecule has 2 heterocycles. The van der Waals surface area contributed by atoms with E-state index in [9.17, 15) is 9.90 Å². The highest BCUT2D eigenvalue weighted by Crippen LogP contribution is 2.36. The Balaban J connectivity index is 1.88. The van der Waals surface area contributed by atoms with Gasteiger partial charge >= 0.3 is 0 Å². The lowest BCUT2D eigenvalue weighted by atomic mass is 9.95. The van der Waals surface area contributed by atoms with Gasteiger partial charge in [-0.15, -0.1) is 5.10 Å². The maximum Gasteiger partial charge on any atom is 0.248 e. The third-order valence-corrected chi connectivity index (χ3v) is 4.94. The minimum absolute atomic E-state index is 0.129. The number of benzene rings is 2. The van der Waals surface area contributed by atoms with Crippen molar-refractivity contribution in [2.24, 2.45) is 5.73 Å². The standard InChI is InChI=1S/C19H16BrN5O2/c1-10-15(17(21)27)16(11-5-7-13(20)8-6-11)25-19(22-10)23-18(24-25)12-3-2-4-14(26)9-12/h2-9,16,26H,1H3,(H2,21,27)(H,22,23,24). The predicted molar refractivity (Wildman–Crippen MR) is 105 cm³/mol. The summed E-state index contributed by atoms with van der Waals surface area (Å²) in [5.74, 6) is 0.551. The summed E-state index contributed by atoms with van der Waals surface area (Å²) in [7, 11) is 0. The van der Waals surface area contributed by atoms with Crippen LogP contribution in [-0.2, 0) is 4.79 Å². The molecule has 136 valence electrons. The number of rotatable bonds is 3. The summed E-state index contributed by atoms with van der Waals surface area (Å²) in [4.78, 5) is 16.7. The quantitative estimate of drug-likeness (QED) is 0.597. The molecule has 0 spiro atoms. The molecule has 1 aromatic heterocycles. The smallest absolute Gasteiger partial charge is 0.248 e. The molecule has 0 radical (unpaired) electrons. The Morgan fingerprint density at radius 3 is 2.67 bits per heavy atom. The fourth-order valence-corrected chi connectivity index (χ4v) is 3.46. The summed E-state index contributed by atoms with van der Waals surface area (Å²) in [6.07, 6.45) is 0. The molecule has 8 heteroatoms. The Morgan fingerprint density at radius 1 is 1.26 bits per heavy atom. The first-order valence-electron chi connectivity index (χ1n) is 8.23. The summed E-state index contributed by atoms with van der Waals surface area (Å²) >= 11 is 3.42. The SMILES string of the molecule is CC1=C(C(N)=O)C(c2ccc(Br)cc2)n2nc(-c3cccc(O)c3)nc2N1. The number of carbonyl (C=O) groups is 1. The number of halogens is 1. The molecular formula is C19H16BrN5O2. The van der Waals surface area contributed by atoms with E-state index in [1.54, 1.807) is 29.8 Å². The van der Waals surface area contributed by atoms with E-state index in [1.807, 2.05) is 30.3 Å². The van der Waals surface area contributed by atoms with Gasteiger partial charge in [0.2, 0.25) is 11.9 Å². The fourth-order valence-electron chi connectivity index (χ4n) is 3.19. The number of aromatic nitrogens is 3. The van der Waals surface area contributed by atoms with Crippen molar-refractivity contribution in [1.29, 1.82) is 0 Å². The number of nitrogens with two attached hydrogens (primary N) is 1. The normalized spacial score (nSPS) is 16.0. The molecular weight excluding hydrogens is 410 g/mol. The molecule has 1 aliphatic heterocycles. The molecule has 7 nitrogen and oxygen atoms in total. The van der Waals surface area contributed by atoms with Crippen molar-refractivity contribution in [3.63, 3.8) is 0 Å². The van der Waals surface area contributed by atoms with Gasteiger partial charge in [0.1, 0.15) is 11.8 Å². The van der Waals surface area contributed by atoms with Gasteiger partial charge in [-0.25, -0.2) is 4.68 Å². The predicted octanol–water partition coefficient (Wildman–Crippen LogP) is 3.19. The van der Waals surface area contributed by atoms with Gasteiger partial charge in [0.25, 0.3) is 0 Å². The first-order chi connectivity index (χ1) is 12.9. The van der Waals surface area contributed by atoms with Gasteiger partial charge in [-0.3, -0.25) is 4.79 Å². The zero-order valence-corrected chi connectivity index (χ0v) is 15.9. The highest BCUT2D eigenvalue weighted by molar-refractivity contribution is 9.10. The van der Waals surface area contributed by atoms with Gasteiger partial charge < -0.3 is 16.2 Å². The molecule has 1 aliphatic rings. The largest absolute Gasteiger partial charge is 0.508 e. The topological polar surface area (TPSA) is 106 Å². The summed E-state index contributed by atoms with van der Waals surface area (Å²) in [6.45, 7) is 1.79. The lowest BCUT2D eigenvalue weighted by Gasteiger charge is -2.27. The molecule has 0 saturated carbocycles. The van der Waals surface area contributed by atoms with Gasteiger partial charge in [0.15, 0.2) is 5.82 Å².